The molecule has 1 unspecified atom stereocenters. The first-order valence-electron chi connectivity index (χ1n) is 5.82. The van der Waals surface area contributed by atoms with Gasteiger partial charge >= 0.3 is 0 Å². The van der Waals surface area contributed by atoms with E-state index in [1.54, 1.807) is 0 Å². The van der Waals surface area contributed by atoms with Crippen molar-refractivity contribution in [3.8, 4) is 0 Å². The van der Waals surface area contributed by atoms with E-state index in [0.29, 0.717) is 0 Å². The van der Waals surface area contributed by atoms with Gasteiger partial charge in [0, 0.05) is 8.95 Å². The summed E-state index contributed by atoms with van der Waals surface area (Å²) in [5.41, 5.74) is 5.54. The van der Waals surface area contributed by atoms with Gasteiger partial charge in [-0.3, -0.25) is 5.84 Å². The van der Waals surface area contributed by atoms with Crippen LogP contribution in [-0.2, 0) is 0 Å². The second-order valence-electron chi connectivity index (χ2n) is 4.29. The third-order valence-corrected chi connectivity index (χ3v) is 4.32. The van der Waals surface area contributed by atoms with Gasteiger partial charge in [0.25, 0.3) is 0 Å². The van der Waals surface area contributed by atoms with Crippen molar-refractivity contribution in [3.05, 3.63) is 44.4 Å². The van der Waals surface area contributed by atoms with Crippen molar-refractivity contribution in [1.29, 1.82) is 0 Å². The van der Waals surface area contributed by atoms with Crippen molar-refractivity contribution in [3.63, 3.8) is 0 Å². The standard InChI is InChI=1S/C13H16Br2N2/c14-10-6-7-11(12(15)8-10)13(17-16)9-4-2-1-3-5-9/h4,6-8,13,17H,1-3,5,16H2. The van der Waals surface area contributed by atoms with Crippen LogP contribution in [0.5, 0.6) is 0 Å². The highest BCUT2D eigenvalue weighted by Crippen LogP contribution is 2.34. The SMILES string of the molecule is NNC(C1=CCCCC1)c1ccc(Br)cc1Br. The minimum atomic E-state index is 0.123. The lowest BCUT2D eigenvalue weighted by atomic mass is 9.90. The average Bonchev–Trinajstić information content (AvgIpc) is 2.34. The van der Waals surface area contributed by atoms with E-state index in [2.05, 4.69) is 55.5 Å². The Morgan fingerprint density at radius 3 is 2.65 bits per heavy atom. The Kier molecular flexibility index (Phi) is 4.79. The lowest BCUT2D eigenvalue weighted by Crippen LogP contribution is -2.30. The molecule has 0 radical (unpaired) electrons. The molecule has 3 N–H and O–H groups in total. The van der Waals surface area contributed by atoms with E-state index in [9.17, 15) is 0 Å². The molecule has 1 aliphatic carbocycles. The van der Waals surface area contributed by atoms with Crippen LogP contribution in [0.2, 0.25) is 0 Å². The van der Waals surface area contributed by atoms with Crippen molar-refractivity contribution >= 4 is 31.9 Å². The van der Waals surface area contributed by atoms with Crippen LogP contribution >= 0.6 is 31.9 Å². The summed E-state index contributed by atoms with van der Waals surface area (Å²) in [5.74, 6) is 5.72. The summed E-state index contributed by atoms with van der Waals surface area (Å²) < 4.78 is 2.16. The van der Waals surface area contributed by atoms with E-state index < -0.39 is 0 Å². The van der Waals surface area contributed by atoms with Crippen LogP contribution in [0.1, 0.15) is 37.3 Å². The highest BCUT2D eigenvalue weighted by atomic mass is 79.9. The Morgan fingerprint density at radius 1 is 1.24 bits per heavy atom. The van der Waals surface area contributed by atoms with E-state index in [0.717, 1.165) is 15.4 Å². The molecule has 17 heavy (non-hydrogen) atoms. The van der Waals surface area contributed by atoms with Gasteiger partial charge in [0.05, 0.1) is 6.04 Å². The van der Waals surface area contributed by atoms with Gasteiger partial charge in [-0.05, 0) is 43.4 Å². The molecular formula is C13H16Br2N2. The predicted octanol–water partition coefficient (Wildman–Crippen LogP) is 4.22. The van der Waals surface area contributed by atoms with Crippen molar-refractivity contribution < 1.29 is 0 Å². The van der Waals surface area contributed by atoms with Gasteiger partial charge in [0.15, 0.2) is 0 Å². The Labute approximate surface area is 119 Å². The van der Waals surface area contributed by atoms with Crippen LogP contribution in [0.3, 0.4) is 0 Å². The fourth-order valence-electron chi connectivity index (χ4n) is 2.26. The zero-order valence-electron chi connectivity index (χ0n) is 9.55. The molecule has 0 aromatic heterocycles. The number of nitrogens with two attached hydrogens (primary N) is 1. The van der Waals surface area contributed by atoms with Crippen molar-refractivity contribution in [2.24, 2.45) is 5.84 Å². The first-order valence-corrected chi connectivity index (χ1v) is 7.41. The molecule has 0 aliphatic heterocycles. The predicted molar refractivity (Wildman–Crippen MR) is 78.5 cm³/mol. The molecule has 1 aromatic rings. The summed E-state index contributed by atoms with van der Waals surface area (Å²) >= 11 is 7.07. The highest BCUT2D eigenvalue weighted by molar-refractivity contribution is 9.11. The molecule has 92 valence electrons. The molecule has 0 heterocycles. The molecule has 0 saturated carbocycles. The number of hydrogen-bond acceptors (Lipinski definition) is 2. The quantitative estimate of drug-likeness (QED) is 0.481. The molecular weight excluding hydrogens is 344 g/mol. The number of allylic oxidation sites excluding steroid dienone is 1. The maximum Gasteiger partial charge on any atom is 0.0681 e. The lowest BCUT2D eigenvalue weighted by Gasteiger charge is -2.24. The van der Waals surface area contributed by atoms with E-state index in [-0.39, 0.29) is 6.04 Å². The zero-order chi connectivity index (χ0) is 12.3. The molecule has 0 fully saturated rings. The minimum absolute atomic E-state index is 0.123. The molecule has 2 rings (SSSR count). The first kappa shape index (κ1) is 13.3. The molecule has 1 aromatic carbocycles. The highest BCUT2D eigenvalue weighted by Gasteiger charge is 2.19. The molecule has 0 amide bonds. The molecule has 0 spiro atoms. The van der Waals surface area contributed by atoms with E-state index >= 15 is 0 Å². The fourth-order valence-corrected chi connectivity index (χ4v) is 3.53. The third kappa shape index (κ3) is 3.19. The Bertz CT molecular complexity index is 429. The summed E-state index contributed by atoms with van der Waals surface area (Å²) in [6.45, 7) is 0. The Hall–Kier alpha value is -0.160. The molecule has 0 bridgehead atoms. The largest absolute Gasteiger partial charge is 0.271 e. The van der Waals surface area contributed by atoms with Gasteiger partial charge in [0.2, 0.25) is 0 Å². The summed E-state index contributed by atoms with van der Waals surface area (Å²) in [6.07, 6.45) is 7.18. The number of hydrogen-bond donors (Lipinski definition) is 2. The topological polar surface area (TPSA) is 38.0 Å². The summed E-state index contributed by atoms with van der Waals surface area (Å²) in [7, 11) is 0. The average molecular weight is 360 g/mol. The van der Waals surface area contributed by atoms with E-state index in [1.165, 1.54) is 30.4 Å². The van der Waals surface area contributed by atoms with Crippen LogP contribution in [0.15, 0.2) is 38.8 Å². The van der Waals surface area contributed by atoms with Gasteiger partial charge in [-0.1, -0.05) is 49.6 Å². The van der Waals surface area contributed by atoms with Crippen LogP contribution in [0, 0.1) is 0 Å². The second kappa shape index (κ2) is 6.14. The molecule has 4 heteroatoms. The minimum Gasteiger partial charge on any atom is -0.271 e. The number of hydrazine groups is 1. The summed E-state index contributed by atoms with van der Waals surface area (Å²) in [6, 6.07) is 6.34. The monoisotopic (exact) mass is 358 g/mol. The smallest absolute Gasteiger partial charge is 0.0681 e. The van der Waals surface area contributed by atoms with E-state index in [4.69, 9.17) is 5.84 Å². The maximum atomic E-state index is 5.72. The molecule has 1 aliphatic rings. The second-order valence-corrected chi connectivity index (χ2v) is 6.06. The van der Waals surface area contributed by atoms with Gasteiger partial charge in [0.1, 0.15) is 0 Å². The first-order chi connectivity index (χ1) is 8.22. The summed E-state index contributed by atoms with van der Waals surface area (Å²) in [4.78, 5) is 0. The van der Waals surface area contributed by atoms with Gasteiger partial charge < -0.3 is 0 Å². The van der Waals surface area contributed by atoms with E-state index in [1.807, 2.05) is 6.07 Å². The van der Waals surface area contributed by atoms with Crippen molar-refractivity contribution in [2.75, 3.05) is 0 Å². The van der Waals surface area contributed by atoms with Crippen LogP contribution in [0.4, 0.5) is 0 Å². The molecule has 1 atom stereocenters. The zero-order valence-corrected chi connectivity index (χ0v) is 12.7. The van der Waals surface area contributed by atoms with Crippen molar-refractivity contribution in [1.82, 2.24) is 5.43 Å². The van der Waals surface area contributed by atoms with Crippen LogP contribution in [-0.4, -0.2) is 0 Å². The normalized spacial score (nSPS) is 17.7. The number of halogens is 2. The maximum absolute atomic E-state index is 5.72. The summed E-state index contributed by atoms with van der Waals surface area (Å²) in [5, 5.41) is 0. The van der Waals surface area contributed by atoms with Crippen LogP contribution < -0.4 is 11.3 Å². The van der Waals surface area contributed by atoms with Crippen molar-refractivity contribution in [2.45, 2.75) is 31.7 Å². The molecule has 2 nitrogen and oxygen atoms in total. The Morgan fingerprint density at radius 2 is 2.06 bits per heavy atom. The van der Waals surface area contributed by atoms with Gasteiger partial charge in [-0.15, -0.1) is 0 Å². The fraction of sp³-hybridized carbons (Fsp3) is 0.385. The Balaban J connectivity index is 2.31. The number of benzene rings is 1. The number of nitrogens with one attached hydrogen (secondary N) is 1. The molecule has 0 saturated heterocycles. The third-order valence-electron chi connectivity index (χ3n) is 3.14. The van der Waals surface area contributed by atoms with Gasteiger partial charge in [-0.25, -0.2) is 5.43 Å². The van der Waals surface area contributed by atoms with Gasteiger partial charge in [-0.2, -0.15) is 0 Å². The lowest BCUT2D eigenvalue weighted by molar-refractivity contribution is 0.564. The van der Waals surface area contributed by atoms with Crippen LogP contribution in [0.25, 0.3) is 0 Å². The number of rotatable bonds is 3.